The van der Waals surface area contributed by atoms with Gasteiger partial charge in [0.2, 0.25) is 0 Å². The highest BCUT2D eigenvalue weighted by atomic mass is 16.4. The van der Waals surface area contributed by atoms with Crippen LogP contribution in [0.3, 0.4) is 0 Å². The number of anilines is 1. The van der Waals surface area contributed by atoms with Crippen LogP contribution in [0.4, 0.5) is 5.69 Å². The zero-order valence-electron chi connectivity index (χ0n) is 11.2. The number of carboxylic acids is 1. The molecule has 0 saturated carbocycles. The first kappa shape index (κ1) is 13.7. The van der Waals surface area contributed by atoms with E-state index in [0.717, 1.165) is 11.1 Å². The average Bonchev–Trinajstić information content (AvgIpc) is 2.37. The zero-order chi connectivity index (χ0) is 14.7. The van der Waals surface area contributed by atoms with Gasteiger partial charge in [-0.3, -0.25) is 4.79 Å². The number of carbonyl (C=O) groups is 2. The van der Waals surface area contributed by atoms with Crippen molar-refractivity contribution in [2.75, 3.05) is 5.32 Å². The first-order chi connectivity index (χ1) is 9.45. The van der Waals surface area contributed by atoms with Gasteiger partial charge in [-0.2, -0.15) is 0 Å². The van der Waals surface area contributed by atoms with E-state index in [1.807, 2.05) is 32.0 Å². The summed E-state index contributed by atoms with van der Waals surface area (Å²) >= 11 is 0. The normalized spacial score (nSPS) is 10.1. The number of pyridine rings is 1. The summed E-state index contributed by atoms with van der Waals surface area (Å²) in [6.45, 7) is 3.88. The predicted molar refractivity (Wildman–Crippen MR) is 75.1 cm³/mol. The number of rotatable bonds is 3. The molecular formula is C15H14N2O3. The average molecular weight is 270 g/mol. The van der Waals surface area contributed by atoms with Crippen LogP contribution in [0.2, 0.25) is 0 Å². The van der Waals surface area contributed by atoms with Crippen LogP contribution >= 0.6 is 0 Å². The molecule has 0 aliphatic heterocycles. The van der Waals surface area contributed by atoms with Gasteiger partial charge in [0.15, 0.2) is 0 Å². The quantitative estimate of drug-likeness (QED) is 0.898. The number of amides is 1. The van der Waals surface area contributed by atoms with Crippen molar-refractivity contribution in [3.63, 3.8) is 0 Å². The topological polar surface area (TPSA) is 79.3 Å². The molecule has 0 aliphatic rings. The Morgan fingerprint density at radius 3 is 2.35 bits per heavy atom. The number of hydrogen-bond acceptors (Lipinski definition) is 3. The SMILES string of the molecule is Cc1cc(C)cc(NC(=O)c2ccnc(C(=O)O)c2)c1. The maximum atomic E-state index is 12.1. The van der Waals surface area contributed by atoms with E-state index in [2.05, 4.69) is 10.3 Å². The lowest BCUT2D eigenvalue weighted by Crippen LogP contribution is -2.13. The van der Waals surface area contributed by atoms with E-state index >= 15 is 0 Å². The van der Waals surface area contributed by atoms with Crippen molar-refractivity contribution >= 4 is 17.6 Å². The molecule has 0 saturated heterocycles. The Hall–Kier alpha value is -2.69. The largest absolute Gasteiger partial charge is 0.477 e. The molecule has 0 fully saturated rings. The summed E-state index contributed by atoms with van der Waals surface area (Å²) in [5.41, 5.74) is 2.87. The molecule has 1 aromatic heterocycles. The van der Waals surface area contributed by atoms with Crippen LogP contribution in [0.25, 0.3) is 0 Å². The van der Waals surface area contributed by atoms with Crippen LogP contribution < -0.4 is 5.32 Å². The van der Waals surface area contributed by atoms with Crippen molar-refractivity contribution in [2.24, 2.45) is 0 Å². The van der Waals surface area contributed by atoms with Gasteiger partial charge in [-0.05, 0) is 49.2 Å². The third kappa shape index (κ3) is 3.20. The summed E-state index contributed by atoms with van der Waals surface area (Å²) in [4.78, 5) is 26.6. The predicted octanol–water partition coefficient (Wildman–Crippen LogP) is 2.65. The van der Waals surface area contributed by atoms with Gasteiger partial charge in [0, 0.05) is 17.4 Å². The van der Waals surface area contributed by atoms with Crippen LogP contribution in [0.15, 0.2) is 36.5 Å². The van der Waals surface area contributed by atoms with E-state index in [9.17, 15) is 9.59 Å². The second kappa shape index (κ2) is 5.52. The molecule has 0 bridgehead atoms. The highest BCUT2D eigenvalue weighted by Gasteiger charge is 2.11. The van der Waals surface area contributed by atoms with E-state index in [-0.39, 0.29) is 17.2 Å². The molecule has 0 spiro atoms. The number of hydrogen-bond donors (Lipinski definition) is 2. The Kier molecular flexibility index (Phi) is 3.79. The van der Waals surface area contributed by atoms with Crippen LogP contribution in [-0.4, -0.2) is 22.0 Å². The monoisotopic (exact) mass is 270 g/mol. The molecular weight excluding hydrogens is 256 g/mol. The highest BCUT2D eigenvalue weighted by Crippen LogP contribution is 2.15. The van der Waals surface area contributed by atoms with E-state index < -0.39 is 5.97 Å². The Morgan fingerprint density at radius 1 is 1.10 bits per heavy atom. The molecule has 1 amide bonds. The standard InChI is InChI=1S/C15H14N2O3/c1-9-5-10(2)7-12(6-9)17-14(18)11-3-4-16-13(8-11)15(19)20/h3-8H,1-2H3,(H,17,18)(H,19,20). The Balaban J connectivity index is 2.23. The van der Waals surface area contributed by atoms with Crippen molar-refractivity contribution in [1.82, 2.24) is 4.98 Å². The smallest absolute Gasteiger partial charge is 0.354 e. The van der Waals surface area contributed by atoms with Crippen LogP contribution in [0.1, 0.15) is 32.0 Å². The molecule has 1 heterocycles. The van der Waals surface area contributed by atoms with E-state index in [1.165, 1.54) is 18.3 Å². The number of nitrogens with one attached hydrogen (secondary N) is 1. The second-order valence-corrected chi connectivity index (χ2v) is 4.57. The van der Waals surface area contributed by atoms with Crippen molar-refractivity contribution in [3.8, 4) is 0 Å². The van der Waals surface area contributed by atoms with Crippen molar-refractivity contribution in [1.29, 1.82) is 0 Å². The molecule has 2 N–H and O–H groups in total. The number of aromatic carboxylic acids is 1. The van der Waals surface area contributed by atoms with E-state index in [4.69, 9.17) is 5.11 Å². The zero-order valence-corrected chi connectivity index (χ0v) is 11.2. The van der Waals surface area contributed by atoms with Crippen molar-refractivity contribution in [3.05, 3.63) is 58.9 Å². The summed E-state index contributed by atoms with van der Waals surface area (Å²) in [6, 6.07) is 8.43. The van der Waals surface area contributed by atoms with Gasteiger partial charge in [-0.15, -0.1) is 0 Å². The molecule has 0 atom stereocenters. The molecule has 5 nitrogen and oxygen atoms in total. The van der Waals surface area contributed by atoms with Gasteiger partial charge < -0.3 is 10.4 Å². The lowest BCUT2D eigenvalue weighted by Gasteiger charge is -2.08. The molecule has 0 aliphatic carbocycles. The molecule has 5 heteroatoms. The van der Waals surface area contributed by atoms with Gasteiger partial charge in [-0.25, -0.2) is 9.78 Å². The van der Waals surface area contributed by atoms with Gasteiger partial charge in [0.25, 0.3) is 5.91 Å². The van der Waals surface area contributed by atoms with Crippen LogP contribution in [0, 0.1) is 13.8 Å². The molecule has 2 rings (SSSR count). The fourth-order valence-corrected chi connectivity index (χ4v) is 1.94. The van der Waals surface area contributed by atoms with Crippen molar-refractivity contribution < 1.29 is 14.7 Å². The first-order valence-corrected chi connectivity index (χ1v) is 6.05. The number of benzene rings is 1. The fraction of sp³-hybridized carbons (Fsp3) is 0.133. The number of aryl methyl sites for hydroxylation is 2. The van der Waals surface area contributed by atoms with Gasteiger partial charge in [0.1, 0.15) is 5.69 Å². The fourth-order valence-electron chi connectivity index (χ4n) is 1.94. The molecule has 0 unspecified atom stereocenters. The minimum Gasteiger partial charge on any atom is -0.477 e. The molecule has 1 aromatic carbocycles. The molecule has 20 heavy (non-hydrogen) atoms. The lowest BCUT2D eigenvalue weighted by atomic mass is 10.1. The van der Waals surface area contributed by atoms with Crippen molar-refractivity contribution in [2.45, 2.75) is 13.8 Å². The number of carboxylic acid groups (broad SMARTS) is 1. The summed E-state index contributed by atoms with van der Waals surface area (Å²) in [5.74, 6) is -1.52. The third-order valence-electron chi connectivity index (χ3n) is 2.72. The maximum Gasteiger partial charge on any atom is 0.354 e. The van der Waals surface area contributed by atoms with Gasteiger partial charge >= 0.3 is 5.97 Å². The number of aromatic nitrogens is 1. The lowest BCUT2D eigenvalue weighted by molar-refractivity contribution is 0.0690. The number of nitrogens with zero attached hydrogens (tertiary/aromatic N) is 1. The number of carbonyl (C=O) groups excluding carboxylic acids is 1. The summed E-state index contributed by atoms with van der Waals surface area (Å²) in [5, 5.41) is 11.6. The van der Waals surface area contributed by atoms with Crippen LogP contribution in [-0.2, 0) is 0 Å². The summed E-state index contributed by atoms with van der Waals surface area (Å²) in [7, 11) is 0. The Labute approximate surface area is 116 Å². The summed E-state index contributed by atoms with van der Waals surface area (Å²) < 4.78 is 0. The first-order valence-electron chi connectivity index (χ1n) is 6.05. The second-order valence-electron chi connectivity index (χ2n) is 4.57. The van der Waals surface area contributed by atoms with Crippen LogP contribution in [0.5, 0.6) is 0 Å². The highest BCUT2D eigenvalue weighted by molar-refractivity contribution is 6.05. The van der Waals surface area contributed by atoms with Gasteiger partial charge in [-0.1, -0.05) is 6.07 Å². The third-order valence-corrected chi connectivity index (χ3v) is 2.72. The minimum absolute atomic E-state index is 0.155. The molecule has 102 valence electrons. The maximum absolute atomic E-state index is 12.1. The van der Waals surface area contributed by atoms with Gasteiger partial charge in [0.05, 0.1) is 0 Å². The Bertz CT molecular complexity index is 660. The summed E-state index contributed by atoms with van der Waals surface area (Å²) in [6.07, 6.45) is 1.31. The molecule has 0 radical (unpaired) electrons. The Morgan fingerprint density at radius 2 is 1.75 bits per heavy atom. The molecule has 2 aromatic rings. The van der Waals surface area contributed by atoms with E-state index in [1.54, 1.807) is 0 Å². The van der Waals surface area contributed by atoms with E-state index in [0.29, 0.717) is 5.69 Å². The minimum atomic E-state index is -1.16.